The Morgan fingerprint density at radius 2 is 1.79 bits per heavy atom. The lowest BCUT2D eigenvalue weighted by atomic mass is 10.1. The van der Waals surface area contributed by atoms with Crippen LogP contribution >= 0.6 is 0 Å². The molecule has 4 rings (SSSR count). The molecule has 1 saturated heterocycles. The average molecular weight is 449 g/mol. The number of imidazole rings is 1. The minimum Gasteiger partial charge on any atom is -0.495 e. The fourth-order valence-electron chi connectivity index (χ4n) is 4.67. The van der Waals surface area contributed by atoms with E-state index in [4.69, 9.17) is 9.72 Å². The lowest BCUT2D eigenvalue weighted by Crippen LogP contribution is -2.35. The minimum atomic E-state index is -0.103. The third-order valence-electron chi connectivity index (χ3n) is 6.18. The summed E-state index contributed by atoms with van der Waals surface area (Å²) in [6.07, 6.45) is 2.20. The summed E-state index contributed by atoms with van der Waals surface area (Å²) in [6, 6.07) is 15.4. The van der Waals surface area contributed by atoms with Gasteiger partial charge in [-0.25, -0.2) is 4.98 Å². The Morgan fingerprint density at radius 3 is 2.52 bits per heavy atom. The van der Waals surface area contributed by atoms with Gasteiger partial charge in [-0.3, -0.25) is 9.59 Å². The van der Waals surface area contributed by atoms with Gasteiger partial charge in [-0.05, 0) is 37.1 Å². The van der Waals surface area contributed by atoms with Gasteiger partial charge in [0.1, 0.15) is 18.1 Å². The number of methoxy groups -OCH3 is 1. The molecule has 0 saturated carbocycles. The van der Waals surface area contributed by atoms with Crippen LogP contribution in [0, 0.1) is 0 Å². The van der Waals surface area contributed by atoms with E-state index >= 15 is 0 Å². The second-order valence-electron chi connectivity index (χ2n) is 8.50. The van der Waals surface area contributed by atoms with Gasteiger partial charge in [0.25, 0.3) is 0 Å². The zero-order valence-electron chi connectivity index (χ0n) is 19.7. The number of carbonyl (C=O) groups excluding carboxylic acids is 2. The summed E-state index contributed by atoms with van der Waals surface area (Å²) in [5, 5.41) is 0. The van der Waals surface area contributed by atoms with Crippen molar-refractivity contribution in [1.82, 2.24) is 14.5 Å². The molecule has 1 aliphatic rings. The summed E-state index contributed by atoms with van der Waals surface area (Å²) in [5.41, 5.74) is 2.54. The molecular formula is C26H32N4O3. The highest BCUT2D eigenvalue weighted by molar-refractivity contribution is 5.98. The second kappa shape index (κ2) is 10.1. The highest BCUT2D eigenvalue weighted by atomic mass is 16.5. The lowest BCUT2D eigenvalue weighted by Gasteiger charge is -2.23. The summed E-state index contributed by atoms with van der Waals surface area (Å²) in [5.74, 6) is 1.49. The molecule has 7 heteroatoms. The van der Waals surface area contributed by atoms with Crippen LogP contribution < -0.4 is 9.64 Å². The Hall–Kier alpha value is -3.35. The first-order valence-corrected chi connectivity index (χ1v) is 11.7. The average Bonchev–Trinajstić information content (AvgIpc) is 3.39. The van der Waals surface area contributed by atoms with Crippen LogP contribution in [0.1, 0.15) is 44.9 Å². The van der Waals surface area contributed by atoms with Gasteiger partial charge in [-0.2, -0.15) is 0 Å². The van der Waals surface area contributed by atoms with Gasteiger partial charge in [0, 0.05) is 32.0 Å². The van der Waals surface area contributed by atoms with Crippen LogP contribution in [0.5, 0.6) is 5.75 Å². The van der Waals surface area contributed by atoms with Crippen LogP contribution in [0.25, 0.3) is 11.0 Å². The third-order valence-corrected chi connectivity index (χ3v) is 6.18. The van der Waals surface area contributed by atoms with Crippen LogP contribution in [-0.2, 0) is 16.1 Å². The molecule has 2 aromatic carbocycles. The quantitative estimate of drug-likeness (QED) is 0.492. The first-order chi connectivity index (χ1) is 16.1. The highest BCUT2D eigenvalue weighted by Crippen LogP contribution is 2.37. The number of benzene rings is 2. The van der Waals surface area contributed by atoms with Gasteiger partial charge < -0.3 is 19.1 Å². The number of amides is 2. The summed E-state index contributed by atoms with van der Waals surface area (Å²) in [7, 11) is 1.61. The Morgan fingerprint density at radius 1 is 1.09 bits per heavy atom. The van der Waals surface area contributed by atoms with Gasteiger partial charge in [0.15, 0.2) is 0 Å². The van der Waals surface area contributed by atoms with Crippen molar-refractivity contribution in [3.8, 4) is 5.75 Å². The van der Waals surface area contributed by atoms with Gasteiger partial charge in [-0.1, -0.05) is 38.1 Å². The Balaban J connectivity index is 1.67. The molecule has 1 aromatic heterocycles. The lowest BCUT2D eigenvalue weighted by molar-refractivity contribution is -0.131. The number of hydrogen-bond acceptors (Lipinski definition) is 4. The van der Waals surface area contributed by atoms with Crippen LogP contribution in [0.2, 0.25) is 0 Å². The third kappa shape index (κ3) is 4.58. The molecule has 7 nitrogen and oxygen atoms in total. The van der Waals surface area contributed by atoms with Crippen molar-refractivity contribution < 1.29 is 14.3 Å². The highest BCUT2D eigenvalue weighted by Gasteiger charge is 2.36. The molecule has 33 heavy (non-hydrogen) atoms. The van der Waals surface area contributed by atoms with E-state index in [2.05, 4.69) is 13.8 Å². The molecule has 0 aliphatic carbocycles. The number of rotatable bonds is 9. The Bertz CT molecular complexity index is 1130. The van der Waals surface area contributed by atoms with E-state index in [1.54, 1.807) is 12.0 Å². The summed E-state index contributed by atoms with van der Waals surface area (Å²) < 4.78 is 7.49. The number of para-hydroxylation sites is 4. The number of ether oxygens (including phenoxy) is 1. The maximum absolute atomic E-state index is 13.2. The molecule has 0 unspecified atom stereocenters. The number of nitrogens with zero attached hydrogens (tertiary/aromatic N) is 4. The van der Waals surface area contributed by atoms with Crippen LogP contribution in [-0.4, -0.2) is 53.0 Å². The van der Waals surface area contributed by atoms with Crippen LogP contribution in [0.15, 0.2) is 48.5 Å². The molecule has 1 aliphatic heterocycles. The number of carbonyl (C=O) groups is 2. The van der Waals surface area contributed by atoms with E-state index in [0.717, 1.165) is 48.5 Å². The molecule has 1 fully saturated rings. The molecule has 174 valence electrons. The van der Waals surface area contributed by atoms with Crippen molar-refractivity contribution in [2.75, 3.05) is 31.6 Å². The number of anilines is 1. The van der Waals surface area contributed by atoms with Crippen molar-refractivity contribution >= 4 is 28.5 Å². The summed E-state index contributed by atoms with van der Waals surface area (Å²) in [4.78, 5) is 34.8. The van der Waals surface area contributed by atoms with Crippen molar-refractivity contribution in [2.45, 2.75) is 45.6 Å². The normalized spacial score (nSPS) is 15.9. The van der Waals surface area contributed by atoms with Gasteiger partial charge in [0.05, 0.1) is 23.8 Å². The first-order valence-electron chi connectivity index (χ1n) is 11.7. The summed E-state index contributed by atoms with van der Waals surface area (Å²) in [6.45, 7) is 6.41. The predicted octanol–water partition coefficient (Wildman–Crippen LogP) is 4.21. The molecule has 2 heterocycles. The number of fused-ring (bicyclic) bond motifs is 1. The first kappa shape index (κ1) is 22.8. The molecule has 0 radical (unpaired) electrons. The fourth-order valence-corrected chi connectivity index (χ4v) is 4.67. The van der Waals surface area contributed by atoms with E-state index < -0.39 is 0 Å². The maximum atomic E-state index is 13.2. The van der Waals surface area contributed by atoms with Crippen molar-refractivity contribution in [2.24, 2.45) is 0 Å². The number of hydrogen-bond donors (Lipinski definition) is 0. The fraction of sp³-hybridized carbons (Fsp3) is 0.423. The Kier molecular flexibility index (Phi) is 6.96. The van der Waals surface area contributed by atoms with Gasteiger partial charge in [-0.15, -0.1) is 0 Å². The van der Waals surface area contributed by atoms with Crippen molar-refractivity contribution in [1.29, 1.82) is 0 Å². The molecule has 1 atom stereocenters. The molecule has 0 N–H and O–H groups in total. The maximum Gasteiger partial charge on any atom is 0.242 e. The largest absolute Gasteiger partial charge is 0.495 e. The zero-order chi connectivity index (χ0) is 23.4. The Labute approximate surface area is 195 Å². The molecular weight excluding hydrogens is 416 g/mol. The minimum absolute atomic E-state index is 0.0352. The van der Waals surface area contributed by atoms with Crippen LogP contribution in [0.4, 0.5) is 5.69 Å². The second-order valence-corrected chi connectivity index (χ2v) is 8.50. The van der Waals surface area contributed by atoms with E-state index in [-0.39, 0.29) is 24.3 Å². The van der Waals surface area contributed by atoms with E-state index in [1.165, 1.54) is 0 Å². The SMILES string of the molecule is CCCN(CCC)C(=O)Cn1c([C@H]2CC(=O)N(c3ccccc3OC)C2)nc2ccccc21. The number of aromatic nitrogens is 2. The van der Waals surface area contributed by atoms with E-state index in [0.29, 0.717) is 18.7 Å². The standard InChI is InChI=1S/C26H32N4O3/c1-4-14-28(15-5-2)25(32)18-30-21-11-7-6-10-20(21)27-26(30)19-16-24(31)29(17-19)22-12-8-9-13-23(22)33-3/h6-13,19H,4-5,14-18H2,1-3H3/t19-/m0/s1. The van der Waals surface area contributed by atoms with Crippen LogP contribution in [0.3, 0.4) is 0 Å². The van der Waals surface area contributed by atoms with E-state index in [1.807, 2.05) is 58.0 Å². The van der Waals surface area contributed by atoms with Gasteiger partial charge >= 0.3 is 0 Å². The van der Waals surface area contributed by atoms with E-state index in [9.17, 15) is 9.59 Å². The molecule has 0 spiro atoms. The molecule has 3 aromatic rings. The van der Waals surface area contributed by atoms with Crippen molar-refractivity contribution in [3.05, 3.63) is 54.4 Å². The van der Waals surface area contributed by atoms with Crippen molar-refractivity contribution in [3.63, 3.8) is 0 Å². The zero-order valence-corrected chi connectivity index (χ0v) is 19.7. The molecule has 2 amide bonds. The smallest absolute Gasteiger partial charge is 0.242 e. The molecule has 0 bridgehead atoms. The monoisotopic (exact) mass is 448 g/mol. The predicted molar refractivity (Wildman–Crippen MR) is 130 cm³/mol. The van der Waals surface area contributed by atoms with Gasteiger partial charge in [0.2, 0.25) is 11.8 Å². The topological polar surface area (TPSA) is 67.7 Å². The summed E-state index contributed by atoms with van der Waals surface area (Å²) >= 11 is 0.